The van der Waals surface area contributed by atoms with Crippen molar-refractivity contribution in [2.75, 3.05) is 22.3 Å². The summed E-state index contributed by atoms with van der Waals surface area (Å²) in [4.78, 5) is 4.12. The molecule has 0 bridgehead atoms. The monoisotopic (exact) mass is 463 g/mol. The Morgan fingerprint density at radius 3 is 2.40 bits per heavy atom. The van der Waals surface area contributed by atoms with Gasteiger partial charge in [-0.3, -0.25) is 4.31 Å². The van der Waals surface area contributed by atoms with Gasteiger partial charge < -0.3 is 10.5 Å². The Hall–Kier alpha value is -2.48. The van der Waals surface area contributed by atoms with E-state index >= 15 is 0 Å². The summed E-state index contributed by atoms with van der Waals surface area (Å²) in [6.45, 7) is 0.627. The number of pyridine rings is 1. The lowest BCUT2D eigenvalue weighted by atomic mass is 10.1. The average Bonchev–Trinajstić information content (AvgIpc) is 3.07. The van der Waals surface area contributed by atoms with Gasteiger partial charge in [0.05, 0.1) is 11.4 Å². The third-order valence-electron chi connectivity index (χ3n) is 4.92. The Kier molecular flexibility index (Phi) is 5.77. The third-order valence-corrected chi connectivity index (χ3v) is 7.50. The Bertz CT molecular complexity index is 1160. The number of hydrogen-bond acceptors (Lipinski definition) is 5. The van der Waals surface area contributed by atoms with Gasteiger partial charge in [0, 0.05) is 33.9 Å². The van der Waals surface area contributed by atoms with E-state index in [0.29, 0.717) is 40.0 Å². The molecule has 156 valence electrons. The highest BCUT2D eigenvalue weighted by molar-refractivity contribution is 7.93. The molecule has 6 nitrogen and oxygen atoms in total. The molecule has 1 aliphatic heterocycles. The molecule has 1 saturated heterocycles. The van der Waals surface area contributed by atoms with Gasteiger partial charge >= 0.3 is 0 Å². The van der Waals surface area contributed by atoms with Crippen molar-refractivity contribution in [2.45, 2.75) is 13.0 Å². The first-order valence-corrected chi connectivity index (χ1v) is 11.6. The van der Waals surface area contributed by atoms with E-state index < -0.39 is 10.0 Å². The van der Waals surface area contributed by atoms with Gasteiger partial charge in [0.2, 0.25) is 10.0 Å². The van der Waals surface area contributed by atoms with Crippen molar-refractivity contribution in [3.8, 4) is 16.9 Å². The molecule has 2 heterocycles. The molecule has 0 amide bonds. The van der Waals surface area contributed by atoms with Gasteiger partial charge in [-0.1, -0.05) is 41.4 Å². The van der Waals surface area contributed by atoms with E-state index in [1.165, 1.54) is 4.31 Å². The number of nitrogens with zero attached hydrogens (tertiary/aromatic N) is 2. The molecular formula is C21H19Cl2N3O3S. The largest absolute Gasteiger partial charge is 0.484 e. The predicted octanol–water partition coefficient (Wildman–Crippen LogP) is 4.76. The molecule has 0 spiro atoms. The van der Waals surface area contributed by atoms with Crippen LogP contribution in [-0.2, 0) is 16.6 Å². The second-order valence-electron chi connectivity index (χ2n) is 6.85. The number of hydrogen-bond donors (Lipinski definition) is 1. The zero-order valence-electron chi connectivity index (χ0n) is 15.9. The van der Waals surface area contributed by atoms with E-state index in [9.17, 15) is 8.42 Å². The van der Waals surface area contributed by atoms with Crippen LogP contribution in [0.25, 0.3) is 11.1 Å². The Morgan fingerprint density at radius 2 is 1.77 bits per heavy atom. The lowest BCUT2D eigenvalue weighted by Crippen LogP contribution is -2.24. The molecule has 9 heteroatoms. The molecule has 1 aliphatic rings. The van der Waals surface area contributed by atoms with Crippen molar-refractivity contribution >= 4 is 44.7 Å². The third kappa shape index (κ3) is 4.05. The highest BCUT2D eigenvalue weighted by atomic mass is 35.5. The second-order valence-corrected chi connectivity index (χ2v) is 9.68. The lowest BCUT2D eigenvalue weighted by Gasteiger charge is -2.18. The summed E-state index contributed by atoms with van der Waals surface area (Å²) in [6.07, 6.45) is 2.23. The zero-order chi connectivity index (χ0) is 21.3. The van der Waals surface area contributed by atoms with Crippen LogP contribution < -0.4 is 14.8 Å². The molecule has 0 atom stereocenters. The van der Waals surface area contributed by atoms with Gasteiger partial charge in [0.25, 0.3) is 0 Å². The van der Waals surface area contributed by atoms with Crippen LogP contribution in [0.15, 0.2) is 54.7 Å². The quantitative estimate of drug-likeness (QED) is 0.589. The Balaban J connectivity index is 1.63. The first-order valence-electron chi connectivity index (χ1n) is 9.28. The van der Waals surface area contributed by atoms with E-state index in [1.54, 1.807) is 42.6 Å². The van der Waals surface area contributed by atoms with E-state index in [4.69, 9.17) is 33.7 Å². The molecule has 0 radical (unpaired) electrons. The number of rotatable bonds is 5. The van der Waals surface area contributed by atoms with Gasteiger partial charge in [-0.25, -0.2) is 13.4 Å². The number of nitrogens with two attached hydrogens (primary N) is 1. The van der Waals surface area contributed by atoms with Crippen LogP contribution in [0.5, 0.6) is 5.75 Å². The van der Waals surface area contributed by atoms with Crippen molar-refractivity contribution < 1.29 is 13.2 Å². The van der Waals surface area contributed by atoms with Gasteiger partial charge in [0.15, 0.2) is 11.6 Å². The van der Waals surface area contributed by atoms with Gasteiger partial charge in [-0.15, -0.1) is 0 Å². The molecule has 0 aliphatic carbocycles. The van der Waals surface area contributed by atoms with E-state index in [1.807, 2.05) is 12.1 Å². The van der Waals surface area contributed by atoms with Crippen molar-refractivity contribution in [3.05, 3.63) is 70.3 Å². The minimum Gasteiger partial charge on any atom is -0.484 e. The van der Waals surface area contributed by atoms with Gasteiger partial charge in [-0.05, 0) is 42.3 Å². The van der Waals surface area contributed by atoms with Crippen molar-refractivity contribution in [3.63, 3.8) is 0 Å². The maximum Gasteiger partial charge on any atom is 0.235 e. The van der Waals surface area contributed by atoms with Crippen LogP contribution in [0.2, 0.25) is 10.0 Å². The lowest BCUT2D eigenvalue weighted by molar-refractivity contribution is 0.308. The highest BCUT2D eigenvalue weighted by Crippen LogP contribution is 2.36. The summed E-state index contributed by atoms with van der Waals surface area (Å²) in [5.74, 6) is 0.829. The van der Waals surface area contributed by atoms with Crippen LogP contribution in [0.4, 0.5) is 11.5 Å². The zero-order valence-corrected chi connectivity index (χ0v) is 18.2. The van der Waals surface area contributed by atoms with Crippen LogP contribution in [-0.4, -0.2) is 25.7 Å². The molecule has 3 aromatic rings. The first kappa shape index (κ1) is 20.8. The van der Waals surface area contributed by atoms with Crippen LogP contribution in [0.3, 0.4) is 0 Å². The SMILES string of the molecule is Nc1nccc(-c2ccc(N3CCCS3(=O)=O)cc2)c1OCc1c(Cl)cccc1Cl. The summed E-state index contributed by atoms with van der Waals surface area (Å²) < 4.78 is 31.7. The minimum atomic E-state index is -3.23. The van der Waals surface area contributed by atoms with Gasteiger partial charge in [-0.2, -0.15) is 0 Å². The van der Waals surface area contributed by atoms with Crippen molar-refractivity contribution in [1.82, 2.24) is 4.98 Å². The normalized spacial score (nSPS) is 15.3. The number of sulfonamides is 1. The molecule has 0 unspecified atom stereocenters. The number of halogens is 2. The molecule has 1 fully saturated rings. The van der Waals surface area contributed by atoms with Crippen LogP contribution >= 0.6 is 23.2 Å². The smallest absolute Gasteiger partial charge is 0.235 e. The summed E-state index contributed by atoms with van der Waals surface area (Å²) in [5.41, 5.74) is 8.93. The number of anilines is 2. The molecular weight excluding hydrogens is 445 g/mol. The molecule has 1 aromatic heterocycles. The fourth-order valence-corrected chi connectivity index (χ4v) is 5.47. The highest BCUT2D eigenvalue weighted by Gasteiger charge is 2.28. The van der Waals surface area contributed by atoms with Gasteiger partial charge in [0.1, 0.15) is 6.61 Å². The molecule has 4 rings (SSSR count). The number of benzene rings is 2. The van der Waals surface area contributed by atoms with E-state index in [-0.39, 0.29) is 18.2 Å². The maximum atomic E-state index is 12.2. The maximum absolute atomic E-state index is 12.2. The minimum absolute atomic E-state index is 0.130. The Labute approximate surface area is 185 Å². The van der Waals surface area contributed by atoms with E-state index in [2.05, 4.69) is 4.98 Å². The summed E-state index contributed by atoms with van der Waals surface area (Å²) >= 11 is 12.5. The second kappa shape index (κ2) is 8.34. The summed E-state index contributed by atoms with van der Waals surface area (Å²) in [5, 5.41) is 1.00. The van der Waals surface area contributed by atoms with Crippen LogP contribution in [0.1, 0.15) is 12.0 Å². The van der Waals surface area contributed by atoms with E-state index in [0.717, 1.165) is 11.1 Å². The average molecular weight is 464 g/mol. The Morgan fingerprint density at radius 1 is 1.07 bits per heavy atom. The topological polar surface area (TPSA) is 85.5 Å². The molecule has 30 heavy (non-hydrogen) atoms. The van der Waals surface area contributed by atoms with Crippen molar-refractivity contribution in [2.24, 2.45) is 0 Å². The molecule has 2 aromatic carbocycles. The summed E-state index contributed by atoms with van der Waals surface area (Å²) in [7, 11) is -3.23. The van der Waals surface area contributed by atoms with Crippen molar-refractivity contribution in [1.29, 1.82) is 0 Å². The summed E-state index contributed by atoms with van der Waals surface area (Å²) in [6, 6.07) is 14.3. The predicted molar refractivity (Wildman–Crippen MR) is 121 cm³/mol. The number of ether oxygens (including phenoxy) is 1. The van der Waals surface area contributed by atoms with Crippen LogP contribution in [0, 0.1) is 0 Å². The molecule has 0 saturated carbocycles. The standard InChI is InChI=1S/C21H19Cl2N3O3S/c22-18-3-1-4-19(23)17(18)13-29-20-16(9-10-25-21(20)24)14-5-7-15(8-6-14)26-11-2-12-30(26,27)28/h1,3-10H,2,11-13H2,(H2,24,25). The number of aromatic nitrogens is 1. The fourth-order valence-electron chi connectivity index (χ4n) is 3.39. The number of nitrogen functional groups attached to an aromatic ring is 1. The fraction of sp³-hybridized carbons (Fsp3) is 0.190. The molecule has 2 N–H and O–H groups in total. The first-order chi connectivity index (χ1) is 14.4.